The summed E-state index contributed by atoms with van der Waals surface area (Å²) in [6, 6.07) is 9.46. The van der Waals surface area contributed by atoms with Gasteiger partial charge in [0.15, 0.2) is 5.65 Å². The lowest BCUT2D eigenvalue weighted by Gasteiger charge is -2.35. The molecule has 27 heavy (non-hydrogen) atoms. The fourth-order valence-corrected chi connectivity index (χ4v) is 3.40. The van der Waals surface area contributed by atoms with Crippen LogP contribution in [0.4, 0.5) is 5.69 Å². The van der Waals surface area contributed by atoms with Gasteiger partial charge in [-0.2, -0.15) is 5.10 Å². The van der Waals surface area contributed by atoms with Gasteiger partial charge in [-0.25, -0.2) is 9.50 Å². The number of nitrogens with one attached hydrogen (secondary N) is 1. The first-order valence-electron chi connectivity index (χ1n) is 9.15. The van der Waals surface area contributed by atoms with Gasteiger partial charge in [0.25, 0.3) is 5.91 Å². The second kappa shape index (κ2) is 7.36. The molecule has 7 nitrogen and oxygen atoms in total. The van der Waals surface area contributed by atoms with Crippen LogP contribution < -0.4 is 5.32 Å². The van der Waals surface area contributed by atoms with E-state index in [-0.39, 0.29) is 18.1 Å². The molecule has 1 N–H and O–H groups in total. The van der Waals surface area contributed by atoms with E-state index in [0.29, 0.717) is 25.2 Å². The quantitative estimate of drug-likeness (QED) is 0.769. The van der Waals surface area contributed by atoms with Crippen molar-refractivity contribution < 1.29 is 9.53 Å². The summed E-state index contributed by atoms with van der Waals surface area (Å²) in [6.45, 7) is 5.89. The lowest BCUT2D eigenvalue weighted by Crippen LogP contribution is -2.48. The Morgan fingerprint density at radius 1 is 1.19 bits per heavy atom. The fourth-order valence-electron chi connectivity index (χ4n) is 3.40. The number of aromatic nitrogens is 3. The van der Waals surface area contributed by atoms with Crippen LogP contribution in [-0.4, -0.2) is 50.7 Å². The molecule has 0 saturated carbocycles. The number of hydrogen-bond acceptors (Lipinski definition) is 5. The Balaban J connectivity index is 1.38. The summed E-state index contributed by atoms with van der Waals surface area (Å²) >= 11 is 0. The van der Waals surface area contributed by atoms with E-state index in [0.717, 1.165) is 16.9 Å². The molecule has 1 aliphatic rings. The predicted octanol–water partition coefficient (Wildman–Crippen LogP) is 2.59. The van der Waals surface area contributed by atoms with Crippen LogP contribution in [0, 0.1) is 0 Å². The third-order valence-corrected chi connectivity index (χ3v) is 4.64. The molecule has 0 bridgehead atoms. The summed E-state index contributed by atoms with van der Waals surface area (Å²) in [5.74, 6) is 0.0527. The smallest absolute Gasteiger partial charge is 0.254 e. The van der Waals surface area contributed by atoms with Gasteiger partial charge in [0, 0.05) is 54.9 Å². The van der Waals surface area contributed by atoms with Crippen molar-refractivity contribution in [3.8, 4) is 0 Å². The van der Waals surface area contributed by atoms with E-state index in [1.165, 1.54) is 0 Å². The highest BCUT2D eigenvalue weighted by atomic mass is 16.5. The van der Waals surface area contributed by atoms with Gasteiger partial charge in [-0.05, 0) is 38.1 Å². The highest BCUT2D eigenvalue weighted by Gasteiger charge is 2.26. The van der Waals surface area contributed by atoms with Crippen molar-refractivity contribution in [1.82, 2.24) is 19.5 Å². The van der Waals surface area contributed by atoms with Crippen LogP contribution in [0.1, 0.15) is 29.8 Å². The molecule has 0 aliphatic carbocycles. The van der Waals surface area contributed by atoms with Crippen molar-refractivity contribution in [2.24, 2.45) is 0 Å². The van der Waals surface area contributed by atoms with E-state index in [4.69, 9.17) is 4.74 Å². The van der Waals surface area contributed by atoms with Crippen LogP contribution in [0.2, 0.25) is 0 Å². The molecule has 1 amide bonds. The normalized spacial score (nSPS) is 20.0. The van der Waals surface area contributed by atoms with Crippen molar-refractivity contribution in [2.75, 3.05) is 18.4 Å². The Morgan fingerprint density at radius 3 is 2.67 bits per heavy atom. The lowest BCUT2D eigenvalue weighted by molar-refractivity contribution is -0.0586. The average molecular weight is 365 g/mol. The van der Waals surface area contributed by atoms with Gasteiger partial charge in [-0.15, -0.1) is 0 Å². The first kappa shape index (κ1) is 17.5. The Labute approximate surface area is 158 Å². The SMILES string of the molecule is CC1CN(C(=O)c2ccc(NCc3cnc4ccnn4c3)cc2)CC(C)O1. The average Bonchev–Trinajstić information content (AvgIpc) is 3.13. The summed E-state index contributed by atoms with van der Waals surface area (Å²) in [6.07, 6.45) is 5.65. The number of carbonyl (C=O) groups excluding carboxylic acids is 1. The van der Waals surface area contributed by atoms with E-state index in [9.17, 15) is 4.79 Å². The molecule has 0 radical (unpaired) electrons. The molecule has 3 aromatic rings. The summed E-state index contributed by atoms with van der Waals surface area (Å²) in [5.41, 5.74) is 3.51. The van der Waals surface area contributed by atoms with Crippen LogP contribution in [0.15, 0.2) is 48.9 Å². The minimum absolute atomic E-state index is 0.0527. The van der Waals surface area contributed by atoms with Crippen LogP contribution in [-0.2, 0) is 11.3 Å². The Bertz CT molecular complexity index is 927. The number of rotatable bonds is 4. The molecule has 1 saturated heterocycles. The number of benzene rings is 1. The minimum atomic E-state index is 0.0527. The van der Waals surface area contributed by atoms with E-state index in [2.05, 4.69) is 15.4 Å². The van der Waals surface area contributed by atoms with Crippen molar-refractivity contribution in [3.05, 3.63) is 60.0 Å². The maximum atomic E-state index is 12.7. The van der Waals surface area contributed by atoms with E-state index >= 15 is 0 Å². The van der Waals surface area contributed by atoms with Gasteiger partial charge in [-0.3, -0.25) is 4.79 Å². The number of morpholine rings is 1. The second-order valence-corrected chi connectivity index (χ2v) is 6.99. The Kier molecular flexibility index (Phi) is 4.77. The molecule has 0 spiro atoms. The Hall–Kier alpha value is -2.93. The molecule has 7 heteroatoms. The summed E-state index contributed by atoms with van der Waals surface area (Å²) in [7, 11) is 0. The van der Waals surface area contributed by atoms with E-state index in [1.54, 1.807) is 10.7 Å². The van der Waals surface area contributed by atoms with Crippen molar-refractivity contribution in [1.29, 1.82) is 0 Å². The van der Waals surface area contributed by atoms with Crippen LogP contribution in [0.25, 0.3) is 5.65 Å². The molecular formula is C20H23N5O2. The molecule has 3 heterocycles. The number of ether oxygens (including phenoxy) is 1. The van der Waals surface area contributed by atoms with E-state index in [1.807, 2.05) is 61.5 Å². The zero-order chi connectivity index (χ0) is 18.8. The standard InChI is InChI=1S/C20H23N5O2/c1-14-11-24(12-15(2)27-14)20(26)17-3-5-18(6-4-17)21-9-16-10-22-19-7-8-23-25(19)13-16/h3-8,10,13-15,21H,9,11-12H2,1-2H3. The monoisotopic (exact) mass is 365 g/mol. The van der Waals surface area contributed by atoms with Crippen molar-refractivity contribution in [2.45, 2.75) is 32.6 Å². The molecular weight excluding hydrogens is 342 g/mol. The topological polar surface area (TPSA) is 71.8 Å². The van der Waals surface area contributed by atoms with Gasteiger partial charge < -0.3 is 15.0 Å². The maximum absolute atomic E-state index is 12.7. The van der Waals surface area contributed by atoms with Gasteiger partial charge in [-0.1, -0.05) is 0 Å². The lowest BCUT2D eigenvalue weighted by atomic mass is 10.1. The largest absolute Gasteiger partial charge is 0.381 e. The summed E-state index contributed by atoms with van der Waals surface area (Å²) in [5, 5.41) is 7.55. The summed E-state index contributed by atoms with van der Waals surface area (Å²) < 4.78 is 7.46. The van der Waals surface area contributed by atoms with Crippen molar-refractivity contribution >= 4 is 17.2 Å². The number of nitrogens with zero attached hydrogens (tertiary/aromatic N) is 4. The number of fused-ring (bicyclic) bond motifs is 1. The third kappa shape index (κ3) is 3.93. The number of carbonyl (C=O) groups is 1. The minimum Gasteiger partial charge on any atom is -0.381 e. The first-order valence-corrected chi connectivity index (χ1v) is 9.15. The molecule has 2 aromatic heterocycles. The number of hydrogen-bond donors (Lipinski definition) is 1. The van der Waals surface area contributed by atoms with Crippen LogP contribution in [0.3, 0.4) is 0 Å². The van der Waals surface area contributed by atoms with Gasteiger partial charge in [0.1, 0.15) is 0 Å². The summed E-state index contributed by atoms with van der Waals surface area (Å²) in [4.78, 5) is 18.9. The third-order valence-electron chi connectivity index (χ3n) is 4.64. The first-order chi connectivity index (χ1) is 13.1. The molecule has 2 unspecified atom stereocenters. The zero-order valence-electron chi connectivity index (χ0n) is 15.5. The maximum Gasteiger partial charge on any atom is 0.254 e. The second-order valence-electron chi connectivity index (χ2n) is 6.99. The van der Waals surface area contributed by atoms with Gasteiger partial charge >= 0.3 is 0 Å². The molecule has 1 aromatic carbocycles. The highest BCUT2D eigenvalue weighted by Crippen LogP contribution is 2.17. The van der Waals surface area contributed by atoms with Crippen LogP contribution >= 0.6 is 0 Å². The van der Waals surface area contributed by atoms with Gasteiger partial charge in [0.2, 0.25) is 0 Å². The van der Waals surface area contributed by atoms with E-state index < -0.39 is 0 Å². The number of anilines is 1. The molecule has 1 aliphatic heterocycles. The van der Waals surface area contributed by atoms with Crippen molar-refractivity contribution in [3.63, 3.8) is 0 Å². The number of amides is 1. The zero-order valence-corrected chi connectivity index (χ0v) is 15.5. The molecule has 1 fully saturated rings. The molecule has 2 atom stereocenters. The fraction of sp³-hybridized carbons (Fsp3) is 0.350. The predicted molar refractivity (Wildman–Crippen MR) is 103 cm³/mol. The molecule has 140 valence electrons. The van der Waals surface area contributed by atoms with Gasteiger partial charge in [0.05, 0.1) is 18.4 Å². The molecule has 4 rings (SSSR count). The van der Waals surface area contributed by atoms with Crippen LogP contribution in [0.5, 0.6) is 0 Å². The Morgan fingerprint density at radius 2 is 1.93 bits per heavy atom. The highest BCUT2D eigenvalue weighted by molar-refractivity contribution is 5.94.